The number of ether oxygens (including phenoxy) is 7. The van der Waals surface area contributed by atoms with Gasteiger partial charge in [0, 0.05) is 122 Å². The van der Waals surface area contributed by atoms with Crippen LogP contribution in [-0.4, -0.2) is 259 Å². The van der Waals surface area contributed by atoms with Gasteiger partial charge in [-0.2, -0.15) is 0 Å². The number of amides is 7. The van der Waals surface area contributed by atoms with Gasteiger partial charge in [0.25, 0.3) is 5.69 Å². The predicted molar refractivity (Wildman–Crippen MR) is 578 cm³/mol. The van der Waals surface area contributed by atoms with Gasteiger partial charge in [-0.1, -0.05) is 277 Å². The molecule has 0 aliphatic rings. The average molecular weight is 2030 g/mol. The molecule has 0 aromatic heterocycles. The summed E-state index contributed by atoms with van der Waals surface area (Å²) in [6, 6.07) is 2.65. The number of allylic oxidation sites excluding steroid dienone is 1. The van der Waals surface area contributed by atoms with Gasteiger partial charge in [-0.3, -0.25) is 53.3 Å². The Kier molecular flexibility index (Phi) is 91.7. The molecule has 5 unspecified atom stereocenters. The minimum Gasteiger partial charge on any atom is -0.481 e. The van der Waals surface area contributed by atoms with E-state index in [1.54, 1.807) is 32.1 Å². The summed E-state index contributed by atoms with van der Waals surface area (Å²) in [5.41, 5.74) is -1.29. The molecule has 0 aliphatic carbocycles. The summed E-state index contributed by atoms with van der Waals surface area (Å²) in [6.07, 6.45) is 57.1. The molecule has 0 fully saturated rings. The van der Waals surface area contributed by atoms with E-state index >= 15 is 0 Å². The number of nitrogens with one attached hydrogen (secondary N) is 12. The number of carboxylic acid groups (broad SMARTS) is 1. The molecule has 7 amide bonds. The first kappa shape index (κ1) is 136. The number of carbonyl (C=O) groups excluding carboxylic acids is 8. The van der Waals surface area contributed by atoms with Crippen molar-refractivity contribution < 1.29 is 86.3 Å². The van der Waals surface area contributed by atoms with E-state index in [4.69, 9.17) is 38.3 Å². The summed E-state index contributed by atoms with van der Waals surface area (Å²) in [4.78, 5) is 126. The lowest BCUT2D eigenvalue weighted by Gasteiger charge is -2.35. The van der Waals surface area contributed by atoms with Crippen molar-refractivity contribution in [3.63, 3.8) is 0 Å². The minimum atomic E-state index is -1.31. The summed E-state index contributed by atoms with van der Waals surface area (Å²) in [6.45, 7) is 30.6. The maximum absolute atomic E-state index is 14.8. The standard InChI is InChI=1S/C85H158N8O12.C26H51N5O7/c1-9-13-17-20-23-26-29-32-35-38-41-44-49-60-103-71-85(72-104-61-50-45-42-39-36-33-30-27-24-21-18-14-10-2,73-105-62-51-46-43-40-37-34-31-28-25-22-19-15-11-3)70-90-83(98)84(5,6)76-56-54-74(66-78(76)93(99)100)67-88-68-75(91-80(95)53-16-12-4)55-57-79(94)89-58-48-47-52-77(82(97)87-8)92-81(96)69-102-65-64-101-63-59-86-7;1-6-12-28-14-15-37-16-17-38-18-24(33)31-23(26(36)27-5)9-7-8-13-29-19(2)20(3)30-22(21(4)32)10-11-25(34)35/h12,54,56,66,75,77,86,88H,4,9-11,13-53,55,57-65,67-73H2,1-3,5-8H3,(H,87,97)(H,89,94)(H,90,98)(H,91,95)(H,92,96);19-20,22-23,28-30H,6-18H2,1-5H3,(H,27,36)(H,31,33)(H,34,35)/t;19?,20?,22-,23?/m.0/s1. The third kappa shape index (κ3) is 79.1. The normalized spacial score (nSPS) is 12.8. The monoisotopic (exact) mass is 2030 g/mol. The summed E-state index contributed by atoms with van der Waals surface area (Å²) >= 11 is 0. The smallest absolute Gasteiger partial charge is 0.303 e. The third-order valence-corrected chi connectivity index (χ3v) is 26.2. The molecule has 1 aromatic rings. The van der Waals surface area contributed by atoms with Crippen LogP contribution in [0.3, 0.4) is 0 Å². The van der Waals surface area contributed by atoms with Gasteiger partial charge in [0.1, 0.15) is 31.1 Å². The Morgan fingerprint density at radius 3 is 1.28 bits per heavy atom. The van der Waals surface area contributed by atoms with Gasteiger partial charge < -0.3 is 102 Å². The number of benzene rings is 1. The highest BCUT2D eigenvalue weighted by molar-refractivity contribution is 5.90. The van der Waals surface area contributed by atoms with E-state index < -0.39 is 51.8 Å². The van der Waals surface area contributed by atoms with Crippen molar-refractivity contribution in [1.82, 2.24) is 63.8 Å². The van der Waals surface area contributed by atoms with Crippen molar-refractivity contribution in [3.05, 3.63) is 52.1 Å². The van der Waals surface area contributed by atoms with Crippen LogP contribution in [0.4, 0.5) is 5.69 Å². The van der Waals surface area contributed by atoms with Crippen LogP contribution in [0.25, 0.3) is 0 Å². The van der Waals surface area contributed by atoms with Gasteiger partial charge >= 0.3 is 5.97 Å². The number of rotatable bonds is 104. The lowest BCUT2D eigenvalue weighted by molar-refractivity contribution is -0.386. The molecule has 0 heterocycles. The lowest BCUT2D eigenvalue weighted by Crippen LogP contribution is -2.50. The van der Waals surface area contributed by atoms with Gasteiger partial charge in [-0.05, 0) is 144 Å². The second-order valence-electron chi connectivity index (χ2n) is 39.9. The fraction of sp³-hybridized carbons (Fsp3) is 0.847. The highest BCUT2D eigenvalue weighted by Crippen LogP contribution is 2.34. The number of nitro groups is 1. The summed E-state index contributed by atoms with van der Waals surface area (Å²) in [5, 5.41) is 58.0. The molecular formula is C111H209N13O19. The number of nitro benzene ring substituents is 1. The zero-order valence-electron chi connectivity index (χ0n) is 92.0. The van der Waals surface area contributed by atoms with Crippen LogP contribution in [-0.2, 0) is 88.3 Å². The van der Waals surface area contributed by atoms with E-state index in [1.165, 1.54) is 239 Å². The van der Waals surface area contributed by atoms with Crippen molar-refractivity contribution in [2.75, 3.05) is 159 Å². The second kappa shape index (κ2) is 96.2. The number of aliphatic carboxylic acids is 1. The van der Waals surface area contributed by atoms with Crippen LogP contribution >= 0.6 is 0 Å². The number of Topliss-reactive ketones (excluding diaryl/α,β-unsaturated/α-hetero) is 1. The first-order valence-electron chi connectivity index (χ1n) is 56.3. The highest BCUT2D eigenvalue weighted by atomic mass is 16.6. The van der Waals surface area contributed by atoms with Gasteiger partial charge in [0.15, 0.2) is 0 Å². The molecule has 32 nitrogen and oxygen atoms in total. The first-order chi connectivity index (χ1) is 69.2. The molecule has 0 saturated heterocycles. The third-order valence-electron chi connectivity index (χ3n) is 26.2. The van der Waals surface area contributed by atoms with Gasteiger partial charge in [-0.15, -0.1) is 6.58 Å². The van der Waals surface area contributed by atoms with E-state index in [1.807, 2.05) is 20.9 Å². The Morgan fingerprint density at radius 1 is 0.434 bits per heavy atom. The fourth-order valence-corrected chi connectivity index (χ4v) is 16.9. The molecule has 1 aromatic carbocycles. The van der Waals surface area contributed by atoms with Crippen LogP contribution in [0, 0.1) is 15.5 Å². The number of ketones is 1. The summed E-state index contributed by atoms with van der Waals surface area (Å²) < 4.78 is 41.4. The molecule has 0 spiro atoms. The summed E-state index contributed by atoms with van der Waals surface area (Å²) in [7, 11) is 4.88. The highest BCUT2D eigenvalue weighted by Gasteiger charge is 2.40. The van der Waals surface area contributed by atoms with Crippen molar-refractivity contribution in [2.24, 2.45) is 5.41 Å². The number of nitrogens with zero attached hydrogens (tertiary/aromatic N) is 1. The van der Waals surface area contributed by atoms with E-state index in [-0.39, 0.29) is 130 Å². The van der Waals surface area contributed by atoms with E-state index in [2.05, 4.69) is 98.1 Å². The average Bonchev–Trinajstić information content (AvgIpc) is 0.784. The molecule has 0 aliphatic heterocycles. The van der Waals surface area contributed by atoms with Crippen molar-refractivity contribution in [1.29, 1.82) is 0 Å². The van der Waals surface area contributed by atoms with Gasteiger partial charge in [0.2, 0.25) is 41.4 Å². The van der Waals surface area contributed by atoms with Crippen molar-refractivity contribution >= 4 is 58.8 Å². The maximum atomic E-state index is 14.8. The number of carboxylic acids is 1. The molecule has 6 atom stereocenters. The largest absolute Gasteiger partial charge is 0.481 e. The molecule has 143 heavy (non-hydrogen) atoms. The van der Waals surface area contributed by atoms with Crippen LogP contribution in [0.1, 0.15) is 407 Å². The minimum absolute atomic E-state index is 0.0428. The molecule has 0 bridgehead atoms. The fourth-order valence-electron chi connectivity index (χ4n) is 16.9. The Hall–Kier alpha value is -6.69. The lowest BCUT2D eigenvalue weighted by atomic mass is 9.81. The summed E-state index contributed by atoms with van der Waals surface area (Å²) in [5.74, 6) is -3.09. The molecule has 0 radical (unpaired) electrons. The number of likely N-dealkylation sites (N-methyl/N-ethyl adjacent to an activating group) is 3. The topological polar surface area (TPSA) is 426 Å². The molecule has 0 saturated carbocycles. The van der Waals surface area contributed by atoms with Crippen LogP contribution in [0.2, 0.25) is 0 Å². The Bertz CT molecular complexity index is 3250. The zero-order chi connectivity index (χ0) is 106. The van der Waals surface area contributed by atoms with E-state index in [0.717, 1.165) is 70.9 Å². The van der Waals surface area contributed by atoms with Crippen molar-refractivity contribution in [2.45, 2.75) is 444 Å². The molecular weight excluding hydrogens is 1820 g/mol. The maximum Gasteiger partial charge on any atom is 0.303 e. The van der Waals surface area contributed by atoms with Crippen LogP contribution < -0.4 is 63.8 Å². The van der Waals surface area contributed by atoms with Gasteiger partial charge in [-0.25, -0.2) is 0 Å². The number of hydrogen-bond acceptors (Lipinski definition) is 23. The Morgan fingerprint density at radius 2 is 0.867 bits per heavy atom. The zero-order valence-corrected chi connectivity index (χ0v) is 92.0. The second-order valence-corrected chi connectivity index (χ2v) is 39.9. The Balaban J connectivity index is 0.00000442. The van der Waals surface area contributed by atoms with Crippen molar-refractivity contribution in [3.8, 4) is 0 Å². The molecule has 832 valence electrons. The molecule has 1 rings (SSSR count). The van der Waals surface area contributed by atoms with Crippen LogP contribution in [0.5, 0.6) is 0 Å². The number of unbranched alkanes of at least 4 members (excludes halogenated alkanes) is 38. The molecule has 13 N–H and O–H groups in total. The first-order valence-corrected chi connectivity index (χ1v) is 56.3. The Labute approximate surface area is 865 Å². The van der Waals surface area contributed by atoms with E-state index in [9.17, 15) is 53.3 Å². The molecule has 32 heteroatoms. The van der Waals surface area contributed by atoms with Gasteiger partial charge in [0.05, 0.1) is 81.3 Å². The van der Waals surface area contributed by atoms with E-state index in [0.29, 0.717) is 136 Å². The predicted octanol–water partition coefficient (Wildman–Crippen LogP) is 17.6. The number of carbonyl (C=O) groups is 9. The quantitative estimate of drug-likeness (QED) is 0.0125. The number of hydrogen-bond donors (Lipinski definition) is 13. The SMILES string of the molecule is C=CCCC(=O)NC(CCC(=O)NCCCCC(NC(=O)COCCOCCNC)C(=O)NC)CNCc1ccc(C(C)(C)C(=O)NCC(COCCCCCCCCCCCCCCC)(COCCCCCCCCCCCCCCC)COCCCCCCCCCCCCCCC)c([N+](=O)[O-])c1.CCCNCCOCCOCC(=O)NC(CCCCNC(C)C(C)N[C@@H](CCC(=O)O)C(C)=O)C(=O)NC. The van der Waals surface area contributed by atoms with Crippen LogP contribution in [0.15, 0.2) is 30.9 Å².